The minimum absolute atomic E-state index is 0.184. The number of carbonyl (C=O) groups excluding carboxylic acids is 2. The van der Waals surface area contributed by atoms with E-state index in [-0.39, 0.29) is 5.91 Å². The molecule has 0 aromatic heterocycles. The minimum Gasteiger partial charge on any atom is -0.347 e. The minimum atomic E-state index is -0.649. The van der Waals surface area contributed by atoms with Gasteiger partial charge in [0.2, 0.25) is 12.3 Å². The Morgan fingerprint density at radius 2 is 2.10 bits per heavy atom. The molecule has 0 radical (unpaired) electrons. The van der Waals surface area contributed by atoms with Crippen molar-refractivity contribution in [1.82, 2.24) is 10.2 Å². The Hall–Kier alpha value is -1.52. The topological polar surface area (TPSA) is 49.4 Å². The normalized spacial score (nSPS) is 11.6. The van der Waals surface area contributed by atoms with Gasteiger partial charge in [0.1, 0.15) is 6.04 Å². The van der Waals surface area contributed by atoms with Gasteiger partial charge in [-0.15, -0.1) is 0 Å². The van der Waals surface area contributed by atoms with Crippen molar-refractivity contribution in [3.8, 4) is 0 Å². The molecule has 1 N–H and O–H groups in total. The predicted octanol–water partition coefficient (Wildman–Crippen LogP) is 2.69. The lowest BCUT2D eigenvalue weighted by atomic mass is 10.0. The van der Waals surface area contributed by atoms with Gasteiger partial charge in [0.05, 0.1) is 10.0 Å². The van der Waals surface area contributed by atoms with Gasteiger partial charge in [-0.05, 0) is 24.6 Å². The quantitative estimate of drug-likeness (QED) is 0.618. The number of rotatable bonds is 7. The third-order valence-electron chi connectivity index (χ3n) is 2.87. The molecular weight excluding hydrogens is 311 g/mol. The molecule has 0 fully saturated rings. The number of amides is 2. The summed E-state index contributed by atoms with van der Waals surface area (Å²) in [5.74, 6) is -0.184. The second-order valence-corrected chi connectivity index (χ2v) is 5.76. The van der Waals surface area contributed by atoms with Crippen molar-refractivity contribution in [3.63, 3.8) is 0 Å². The number of benzene rings is 1. The van der Waals surface area contributed by atoms with E-state index in [0.29, 0.717) is 29.4 Å². The van der Waals surface area contributed by atoms with Crippen LogP contribution in [0.2, 0.25) is 10.0 Å². The molecule has 4 nitrogen and oxygen atoms in total. The molecule has 0 unspecified atom stereocenters. The maximum Gasteiger partial charge on any atom is 0.245 e. The standard InChI is InChI=1S/C15H18Cl2N2O2/c1-10(2)8-19(3)15(21)14(18-9-20)7-11-4-5-12(16)13(17)6-11/h4-6,9,14H,1,7-8H2,2-3H3,(H,18,20)/t14-/m1/s1. The van der Waals surface area contributed by atoms with Crippen molar-refractivity contribution in [1.29, 1.82) is 0 Å². The highest BCUT2D eigenvalue weighted by molar-refractivity contribution is 6.42. The zero-order valence-electron chi connectivity index (χ0n) is 12.0. The van der Waals surface area contributed by atoms with Crippen LogP contribution >= 0.6 is 23.2 Å². The van der Waals surface area contributed by atoms with E-state index in [1.165, 1.54) is 4.90 Å². The summed E-state index contributed by atoms with van der Waals surface area (Å²) < 4.78 is 0. The summed E-state index contributed by atoms with van der Waals surface area (Å²) in [5.41, 5.74) is 1.69. The number of carbonyl (C=O) groups is 2. The van der Waals surface area contributed by atoms with Crippen molar-refractivity contribution in [2.45, 2.75) is 19.4 Å². The van der Waals surface area contributed by atoms with Crippen LogP contribution in [0.15, 0.2) is 30.4 Å². The van der Waals surface area contributed by atoms with E-state index in [0.717, 1.165) is 11.1 Å². The average Bonchev–Trinajstić information content (AvgIpc) is 2.40. The molecule has 6 heteroatoms. The molecule has 1 rings (SSSR count). The van der Waals surface area contributed by atoms with Crippen LogP contribution in [0, 0.1) is 0 Å². The summed E-state index contributed by atoms with van der Waals surface area (Å²) in [5, 5.41) is 3.41. The van der Waals surface area contributed by atoms with Crippen LogP contribution < -0.4 is 5.32 Å². The first-order valence-electron chi connectivity index (χ1n) is 6.38. The van der Waals surface area contributed by atoms with Gasteiger partial charge >= 0.3 is 0 Å². The maximum absolute atomic E-state index is 12.3. The van der Waals surface area contributed by atoms with Crippen molar-refractivity contribution >= 4 is 35.5 Å². The summed E-state index contributed by atoms with van der Waals surface area (Å²) in [4.78, 5) is 24.6. The molecule has 0 bridgehead atoms. The Morgan fingerprint density at radius 3 is 2.62 bits per heavy atom. The molecule has 21 heavy (non-hydrogen) atoms. The first-order chi connectivity index (χ1) is 9.85. The van der Waals surface area contributed by atoms with Crippen LogP contribution in [0.3, 0.4) is 0 Å². The van der Waals surface area contributed by atoms with Gasteiger partial charge in [-0.25, -0.2) is 0 Å². The molecule has 1 aromatic carbocycles. The highest BCUT2D eigenvalue weighted by Crippen LogP contribution is 2.23. The Bertz CT molecular complexity index is 546. The van der Waals surface area contributed by atoms with Crippen LogP contribution in [0.5, 0.6) is 0 Å². The lowest BCUT2D eigenvalue weighted by Gasteiger charge is -2.23. The van der Waals surface area contributed by atoms with E-state index in [2.05, 4.69) is 11.9 Å². The molecule has 1 atom stereocenters. The first-order valence-corrected chi connectivity index (χ1v) is 7.13. The van der Waals surface area contributed by atoms with Crippen LogP contribution in [0.1, 0.15) is 12.5 Å². The zero-order valence-corrected chi connectivity index (χ0v) is 13.5. The molecule has 114 valence electrons. The third kappa shape index (κ3) is 5.40. The summed E-state index contributed by atoms with van der Waals surface area (Å²) in [6.07, 6.45) is 0.865. The number of nitrogens with one attached hydrogen (secondary N) is 1. The molecule has 0 aliphatic carbocycles. The van der Waals surface area contributed by atoms with Gasteiger partial charge in [0.25, 0.3) is 0 Å². The van der Waals surface area contributed by atoms with Crippen molar-refractivity contribution in [2.75, 3.05) is 13.6 Å². The second kappa shape index (κ2) is 8.05. The van der Waals surface area contributed by atoms with Gasteiger partial charge in [0.15, 0.2) is 0 Å². The van der Waals surface area contributed by atoms with E-state index in [1.807, 2.05) is 6.92 Å². The molecule has 0 aliphatic rings. The molecule has 0 saturated heterocycles. The largest absolute Gasteiger partial charge is 0.347 e. The molecular formula is C15H18Cl2N2O2. The van der Waals surface area contributed by atoms with E-state index >= 15 is 0 Å². The van der Waals surface area contributed by atoms with Crippen LogP contribution in [-0.4, -0.2) is 36.9 Å². The average molecular weight is 329 g/mol. The first kappa shape index (κ1) is 17.5. The zero-order chi connectivity index (χ0) is 16.0. The van der Waals surface area contributed by atoms with E-state index < -0.39 is 6.04 Å². The van der Waals surface area contributed by atoms with E-state index in [4.69, 9.17) is 23.2 Å². The van der Waals surface area contributed by atoms with Gasteiger partial charge < -0.3 is 10.2 Å². The fourth-order valence-corrected chi connectivity index (χ4v) is 2.27. The molecule has 0 heterocycles. The Kier molecular flexibility index (Phi) is 6.72. The number of hydrogen-bond donors (Lipinski definition) is 1. The van der Waals surface area contributed by atoms with Crippen LogP contribution in [0.4, 0.5) is 0 Å². The fourth-order valence-electron chi connectivity index (χ4n) is 1.95. The summed E-state index contributed by atoms with van der Waals surface area (Å²) in [7, 11) is 1.67. The molecule has 2 amide bonds. The number of likely N-dealkylation sites (N-methyl/N-ethyl adjacent to an activating group) is 1. The lowest BCUT2D eigenvalue weighted by molar-refractivity contribution is -0.133. The molecule has 0 aliphatic heterocycles. The number of nitrogens with zero attached hydrogens (tertiary/aromatic N) is 1. The number of hydrogen-bond acceptors (Lipinski definition) is 2. The fraction of sp³-hybridized carbons (Fsp3) is 0.333. The van der Waals surface area contributed by atoms with Gasteiger partial charge in [-0.1, -0.05) is 41.4 Å². The number of halogens is 2. The highest BCUT2D eigenvalue weighted by atomic mass is 35.5. The SMILES string of the molecule is C=C(C)CN(C)C(=O)[C@@H](Cc1ccc(Cl)c(Cl)c1)NC=O. The maximum atomic E-state index is 12.3. The predicted molar refractivity (Wildman–Crippen MR) is 85.6 cm³/mol. The Morgan fingerprint density at radius 1 is 1.43 bits per heavy atom. The van der Waals surface area contributed by atoms with Gasteiger partial charge in [0, 0.05) is 20.0 Å². The van der Waals surface area contributed by atoms with E-state index in [1.54, 1.807) is 25.2 Å². The van der Waals surface area contributed by atoms with Crippen molar-refractivity contribution < 1.29 is 9.59 Å². The Balaban J connectivity index is 2.85. The summed E-state index contributed by atoms with van der Waals surface area (Å²) in [6.45, 7) is 6.05. The summed E-state index contributed by atoms with van der Waals surface area (Å²) in [6, 6.07) is 4.48. The molecule has 0 saturated carbocycles. The lowest BCUT2D eigenvalue weighted by Crippen LogP contribution is -2.46. The highest BCUT2D eigenvalue weighted by Gasteiger charge is 2.22. The summed E-state index contributed by atoms with van der Waals surface area (Å²) >= 11 is 11.8. The Labute approximate surface area is 134 Å². The smallest absolute Gasteiger partial charge is 0.245 e. The van der Waals surface area contributed by atoms with Crippen LogP contribution in [-0.2, 0) is 16.0 Å². The molecule has 0 spiro atoms. The van der Waals surface area contributed by atoms with Gasteiger partial charge in [-0.2, -0.15) is 0 Å². The third-order valence-corrected chi connectivity index (χ3v) is 3.61. The second-order valence-electron chi connectivity index (χ2n) is 4.94. The molecule has 1 aromatic rings. The van der Waals surface area contributed by atoms with Crippen molar-refractivity contribution in [3.05, 3.63) is 46.0 Å². The van der Waals surface area contributed by atoms with E-state index in [9.17, 15) is 9.59 Å². The monoisotopic (exact) mass is 328 g/mol. The van der Waals surface area contributed by atoms with Crippen LogP contribution in [0.25, 0.3) is 0 Å². The van der Waals surface area contributed by atoms with Crippen molar-refractivity contribution in [2.24, 2.45) is 0 Å². The van der Waals surface area contributed by atoms with Gasteiger partial charge in [-0.3, -0.25) is 9.59 Å².